The molecule has 2 atom stereocenters. The van der Waals surface area contributed by atoms with Crippen molar-refractivity contribution in [3.63, 3.8) is 0 Å². The molecule has 2 unspecified atom stereocenters. The third kappa shape index (κ3) is 5.28. The summed E-state index contributed by atoms with van der Waals surface area (Å²) < 4.78 is 1.18. The number of hydrogen-bond donors (Lipinski definition) is 1. The van der Waals surface area contributed by atoms with Crippen LogP contribution in [0.25, 0.3) is 0 Å². The predicted octanol–water partition coefficient (Wildman–Crippen LogP) is 3.90. The third-order valence-corrected chi connectivity index (χ3v) is 4.43. The molecule has 4 heteroatoms. The zero-order chi connectivity index (χ0) is 16.0. The van der Waals surface area contributed by atoms with E-state index >= 15 is 0 Å². The lowest BCUT2D eigenvalue weighted by atomic mass is 10.1. The summed E-state index contributed by atoms with van der Waals surface area (Å²) in [6.07, 6.45) is 0. The Bertz CT molecular complexity index is 434. The van der Waals surface area contributed by atoms with Gasteiger partial charge in [0.2, 0.25) is 0 Å². The highest BCUT2D eigenvalue weighted by Gasteiger charge is 2.17. The number of likely N-dealkylation sites (N-methyl/N-ethyl adjacent to an activating group) is 2. The zero-order valence-electron chi connectivity index (χ0n) is 14.3. The third-order valence-electron chi connectivity index (χ3n) is 3.79. The summed E-state index contributed by atoms with van der Waals surface area (Å²) in [6.45, 7) is 11.9. The molecule has 0 aromatic heterocycles. The van der Waals surface area contributed by atoms with Crippen LogP contribution in [0.4, 0.5) is 5.69 Å². The van der Waals surface area contributed by atoms with Gasteiger partial charge >= 0.3 is 0 Å². The molecule has 0 heterocycles. The molecule has 21 heavy (non-hydrogen) atoms. The van der Waals surface area contributed by atoms with Crippen molar-refractivity contribution in [2.75, 3.05) is 38.6 Å². The molecular formula is C17H30BrN3. The van der Waals surface area contributed by atoms with Crippen molar-refractivity contribution in [1.29, 1.82) is 0 Å². The lowest BCUT2D eigenvalue weighted by Gasteiger charge is -2.33. The van der Waals surface area contributed by atoms with E-state index in [9.17, 15) is 0 Å². The van der Waals surface area contributed by atoms with Gasteiger partial charge in [-0.25, -0.2) is 0 Å². The van der Waals surface area contributed by atoms with E-state index in [0.29, 0.717) is 12.1 Å². The van der Waals surface area contributed by atoms with E-state index in [1.807, 2.05) is 0 Å². The highest BCUT2D eigenvalue weighted by Crippen LogP contribution is 2.30. The number of rotatable bonds is 8. The van der Waals surface area contributed by atoms with Gasteiger partial charge in [-0.3, -0.25) is 0 Å². The average molecular weight is 356 g/mol. The molecule has 0 bridgehead atoms. The highest BCUT2D eigenvalue weighted by molar-refractivity contribution is 9.10. The standard InChI is InChI=1S/C17H30BrN3/c1-7-19-14(4)15-9-10-17(16(18)11-15)21(8-2)13(3)12-20(5)6/h9-11,13-14,19H,7-8,12H2,1-6H3. The highest BCUT2D eigenvalue weighted by atomic mass is 79.9. The molecule has 0 aliphatic heterocycles. The number of benzene rings is 1. The van der Waals surface area contributed by atoms with Gasteiger partial charge in [-0.05, 0) is 75.0 Å². The van der Waals surface area contributed by atoms with Crippen molar-refractivity contribution in [1.82, 2.24) is 10.2 Å². The Balaban J connectivity index is 2.96. The average Bonchev–Trinajstić information content (AvgIpc) is 2.40. The van der Waals surface area contributed by atoms with E-state index in [4.69, 9.17) is 0 Å². The second-order valence-corrected chi connectivity index (χ2v) is 6.74. The fourth-order valence-corrected chi connectivity index (χ4v) is 3.42. The van der Waals surface area contributed by atoms with Gasteiger partial charge in [0.1, 0.15) is 0 Å². The zero-order valence-corrected chi connectivity index (χ0v) is 15.9. The van der Waals surface area contributed by atoms with E-state index < -0.39 is 0 Å². The van der Waals surface area contributed by atoms with E-state index in [2.05, 4.69) is 91.0 Å². The van der Waals surface area contributed by atoms with Gasteiger partial charge < -0.3 is 15.1 Å². The fourth-order valence-electron chi connectivity index (χ4n) is 2.80. The molecule has 0 fully saturated rings. The quantitative estimate of drug-likeness (QED) is 0.762. The van der Waals surface area contributed by atoms with Crippen molar-refractivity contribution in [2.24, 2.45) is 0 Å². The Labute approximate surface area is 138 Å². The summed E-state index contributed by atoms with van der Waals surface area (Å²) in [7, 11) is 4.25. The minimum atomic E-state index is 0.384. The van der Waals surface area contributed by atoms with Gasteiger partial charge in [0.25, 0.3) is 0 Å². The topological polar surface area (TPSA) is 18.5 Å². The summed E-state index contributed by atoms with van der Waals surface area (Å²) in [5.41, 5.74) is 2.60. The molecule has 0 radical (unpaired) electrons. The Kier molecular flexibility index (Phi) is 7.71. The van der Waals surface area contributed by atoms with Crippen LogP contribution in [-0.4, -0.2) is 44.7 Å². The molecule has 0 saturated heterocycles. The van der Waals surface area contributed by atoms with Crippen LogP contribution >= 0.6 is 15.9 Å². The number of hydrogen-bond acceptors (Lipinski definition) is 3. The first kappa shape index (κ1) is 18.5. The van der Waals surface area contributed by atoms with Crippen LogP contribution < -0.4 is 10.2 Å². The Morgan fingerprint density at radius 1 is 1.19 bits per heavy atom. The molecule has 0 aliphatic carbocycles. The molecule has 1 aromatic carbocycles. The Morgan fingerprint density at radius 3 is 2.33 bits per heavy atom. The normalized spacial score (nSPS) is 14.3. The maximum Gasteiger partial charge on any atom is 0.0513 e. The van der Waals surface area contributed by atoms with Crippen LogP contribution in [0.5, 0.6) is 0 Å². The first-order valence-electron chi connectivity index (χ1n) is 7.84. The van der Waals surface area contributed by atoms with Crippen LogP contribution in [-0.2, 0) is 0 Å². The van der Waals surface area contributed by atoms with Crippen LogP contribution in [0.1, 0.15) is 39.3 Å². The lowest BCUT2D eigenvalue weighted by Crippen LogP contribution is -2.40. The van der Waals surface area contributed by atoms with E-state index in [-0.39, 0.29) is 0 Å². The summed E-state index contributed by atoms with van der Waals surface area (Å²) in [6, 6.07) is 7.59. The minimum Gasteiger partial charge on any atom is -0.367 e. The molecular weight excluding hydrogens is 326 g/mol. The number of halogens is 1. The van der Waals surface area contributed by atoms with Gasteiger partial charge in [-0.15, -0.1) is 0 Å². The monoisotopic (exact) mass is 355 g/mol. The molecule has 1 N–H and O–H groups in total. The van der Waals surface area contributed by atoms with Crippen LogP contribution in [0.15, 0.2) is 22.7 Å². The Hall–Kier alpha value is -0.580. The van der Waals surface area contributed by atoms with Crippen molar-refractivity contribution in [2.45, 2.75) is 39.8 Å². The van der Waals surface area contributed by atoms with E-state index in [0.717, 1.165) is 19.6 Å². The molecule has 0 amide bonds. The first-order valence-corrected chi connectivity index (χ1v) is 8.64. The Morgan fingerprint density at radius 2 is 1.86 bits per heavy atom. The smallest absolute Gasteiger partial charge is 0.0513 e. The van der Waals surface area contributed by atoms with Crippen LogP contribution in [0.2, 0.25) is 0 Å². The molecule has 1 rings (SSSR count). The summed E-state index contributed by atoms with van der Waals surface area (Å²) in [4.78, 5) is 4.69. The van der Waals surface area contributed by atoms with Gasteiger partial charge in [0.15, 0.2) is 0 Å². The van der Waals surface area contributed by atoms with Gasteiger partial charge in [-0.2, -0.15) is 0 Å². The van der Waals surface area contributed by atoms with Crippen molar-refractivity contribution in [3.05, 3.63) is 28.2 Å². The van der Waals surface area contributed by atoms with E-state index in [1.165, 1.54) is 15.7 Å². The predicted molar refractivity (Wildman–Crippen MR) is 97.3 cm³/mol. The summed E-state index contributed by atoms with van der Waals surface area (Å²) in [5, 5.41) is 3.46. The molecule has 0 saturated carbocycles. The lowest BCUT2D eigenvalue weighted by molar-refractivity contribution is 0.373. The molecule has 0 aliphatic rings. The largest absolute Gasteiger partial charge is 0.367 e. The van der Waals surface area contributed by atoms with Gasteiger partial charge in [0, 0.05) is 29.6 Å². The second-order valence-electron chi connectivity index (χ2n) is 5.89. The molecule has 1 aromatic rings. The molecule has 0 spiro atoms. The summed E-state index contributed by atoms with van der Waals surface area (Å²) >= 11 is 3.76. The summed E-state index contributed by atoms with van der Waals surface area (Å²) in [5.74, 6) is 0. The van der Waals surface area contributed by atoms with Crippen molar-refractivity contribution in [3.8, 4) is 0 Å². The van der Waals surface area contributed by atoms with Crippen LogP contribution in [0.3, 0.4) is 0 Å². The number of anilines is 1. The van der Waals surface area contributed by atoms with Crippen LogP contribution in [0, 0.1) is 0 Å². The SMILES string of the molecule is CCNC(C)c1ccc(N(CC)C(C)CN(C)C)c(Br)c1. The number of nitrogens with zero attached hydrogens (tertiary/aromatic N) is 2. The van der Waals surface area contributed by atoms with Crippen molar-refractivity contribution >= 4 is 21.6 Å². The minimum absolute atomic E-state index is 0.384. The van der Waals surface area contributed by atoms with Crippen molar-refractivity contribution < 1.29 is 0 Å². The molecule has 3 nitrogen and oxygen atoms in total. The fraction of sp³-hybridized carbons (Fsp3) is 0.647. The maximum atomic E-state index is 3.76. The number of nitrogens with one attached hydrogen (secondary N) is 1. The van der Waals surface area contributed by atoms with Gasteiger partial charge in [0.05, 0.1) is 5.69 Å². The second kappa shape index (κ2) is 8.76. The molecule has 120 valence electrons. The van der Waals surface area contributed by atoms with Gasteiger partial charge in [-0.1, -0.05) is 13.0 Å². The maximum absolute atomic E-state index is 3.76. The first-order chi connectivity index (χ1) is 9.90. The van der Waals surface area contributed by atoms with E-state index in [1.54, 1.807) is 0 Å².